The van der Waals surface area contributed by atoms with Gasteiger partial charge in [-0.25, -0.2) is 0 Å². The second-order valence-corrected chi connectivity index (χ2v) is 6.72. The number of hydrogen-bond acceptors (Lipinski definition) is 2. The smallest absolute Gasteiger partial charge is 0.119 e. The molecule has 0 fully saturated rings. The van der Waals surface area contributed by atoms with Gasteiger partial charge in [0.05, 0.1) is 6.61 Å². The highest BCUT2D eigenvalue weighted by atomic mass is 16.5. The van der Waals surface area contributed by atoms with E-state index < -0.39 is 0 Å². The fourth-order valence-corrected chi connectivity index (χ4v) is 1.94. The van der Waals surface area contributed by atoms with Crippen molar-refractivity contribution in [3.05, 3.63) is 35.4 Å². The predicted molar refractivity (Wildman–Crippen MR) is 92.9 cm³/mol. The average molecular weight is 289 g/mol. The van der Waals surface area contributed by atoms with E-state index in [1.165, 1.54) is 24.0 Å². The van der Waals surface area contributed by atoms with E-state index in [-0.39, 0.29) is 5.54 Å². The van der Waals surface area contributed by atoms with Gasteiger partial charge in [-0.1, -0.05) is 43.5 Å². The molecular weight excluding hydrogens is 258 g/mol. The summed E-state index contributed by atoms with van der Waals surface area (Å²) >= 11 is 0. The van der Waals surface area contributed by atoms with Crippen LogP contribution in [-0.4, -0.2) is 18.7 Å². The maximum atomic E-state index is 5.73. The minimum absolute atomic E-state index is 0.158. The SMILES string of the molecule is CCCCCOc1ccc(C=C(C)CNC(C)(C)C)cc1. The third kappa shape index (κ3) is 8.56. The molecule has 1 aromatic carbocycles. The maximum absolute atomic E-state index is 5.73. The zero-order chi connectivity index (χ0) is 15.7. The van der Waals surface area contributed by atoms with Crippen molar-refractivity contribution >= 4 is 6.08 Å². The van der Waals surface area contributed by atoms with Gasteiger partial charge in [0.2, 0.25) is 0 Å². The van der Waals surface area contributed by atoms with E-state index in [0.717, 1.165) is 25.3 Å². The maximum Gasteiger partial charge on any atom is 0.119 e. The third-order valence-corrected chi connectivity index (χ3v) is 3.21. The van der Waals surface area contributed by atoms with Gasteiger partial charge in [-0.05, 0) is 51.8 Å². The Morgan fingerprint density at radius 3 is 2.38 bits per heavy atom. The molecule has 0 aliphatic heterocycles. The van der Waals surface area contributed by atoms with Gasteiger partial charge >= 0.3 is 0 Å². The molecule has 2 nitrogen and oxygen atoms in total. The number of hydrogen-bond donors (Lipinski definition) is 1. The zero-order valence-electron chi connectivity index (χ0n) is 14.3. The summed E-state index contributed by atoms with van der Waals surface area (Å²) in [5.74, 6) is 0.966. The Morgan fingerprint density at radius 2 is 1.81 bits per heavy atom. The van der Waals surface area contributed by atoms with Crippen molar-refractivity contribution in [2.45, 2.75) is 59.4 Å². The fraction of sp³-hybridized carbons (Fsp3) is 0.579. The normalized spacial score (nSPS) is 12.5. The number of ether oxygens (including phenoxy) is 1. The van der Waals surface area contributed by atoms with Gasteiger partial charge in [0, 0.05) is 12.1 Å². The highest BCUT2D eigenvalue weighted by Gasteiger charge is 2.07. The summed E-state index contributed by atoms with van der Waals surface area (Å²) in [6, 6.07) is 8.36. The Balaban J connectivity index is 2.46. The Morgan fingerprint density at radius 1 is 1.14 bits per heavy atom. The van der Waals surface area contributed by atoms with E-state index in [2.05, 4.69) is 70.3 Å². The van der Waals surface area contributed by atoms with Crippen LogP contribution in [0.5, 0.6) is 5.75 Å². The number of nitrogens with one attached hydrogen (secondary N) is 1. The molecule has 0 saturated heterocycles. The fourth-order valence-electron chi connectivity index (χ4n) is 1.94. The summed E-state index contributed by atoms with van der Waals surface area (Å²) in [5, 5.41) is 3.50. The quantitative estimate of drug-likeness (QED) is 0.676. The van der Waals surface area contributed by atoms with Crippen LogP contribution in [0, 0.1) is 0 Å². The Hall–Kier alpha value is -1.28. The molecule has 0 aliphatic carbocycles. The molecule has 0 amide bonds. The Kier molecular flexibility index (Phi) is 7.52. The molecule has 0 unspecified atom stereocenters. The monoisotopic (exact) mass is 289 g/mol. The largest absolute Gasteiger partial charge is 0.494 e. The average Bonchev–Trinajstić information content (AvgIpc) is 2.42. The van der Waals surface area contributed by atoms with Crippen LogP contribution in [-0.2, 0) is 0 Å². The second kappa shape index (κ2) is 8.89. The molecule has 0 atom stereocenters. The molecule has 0 spiro atoms. The Labute approximate surface area is 130 Å². The van der Waals surface area contributed by atoms with E-state index in [1.54, 1.807) is 0 Å². The Bertz CT molecular complexity index is 426. The molecule has 0 aromatic heterocycles. The summed E-state index contributed by atoms with van der Waals surface area (Å²) in [6.07, 6.45) is 5.82. The molecule has 0 bridgehead atoms. The van der Waals surface area contributed by atoms with Crippen LogP contribution in [0.1, 0.15) is 59.4 Å². The highest BCUT2D eigenvalue weighted by Crippen LogP contribution is 2.15. The van der Waals surface area contributed by atoms with Gasteiger partial charge in [0.1, 0.15) is 5.75 Å². The summed E-state index contributed by atoms with van der Waals surface area (Å²) < 4.78 is 5.73. The van der Waals surface area contributed by atoms with Gasteiger partial charge in [-0.15, -0.1) is 0 Å². The molecule has 0 aliphatic rings. The van der Waals surface area contributed by atoms with E-state index in [4.69, 9.17) is 4.74 Å². The molecule has 1 aromatic rings. The summed E-state index contributed by atoms with van der Waals surface area (Å²) in [6.45, 7) is 12.7. The van der Waals surface area contributed by atoms with Crippen LogP contribution in [0.2, 0.25) is 0 Å². The number of rotatable bonds is 8. The summed E-state index contributed by atoms with van der Waals surface area (Å²) in [7, 11) is 0. The molecule has 0 radical (unpaired) electrons. The van der Waals surface area contributed by atoms with Gasteiger partial charge in [-0.2, -0.15) is 0 Å². The van der Waals surface area contributed by atoms with Crippen molar-refractivity contribution in [1.29, 1.82) is 0 Å². The highest BCUT2D eigenvalue weighted by molar-refractivity contribution is 5.53. The van der Waals surface area contributed by atoms with E-state index in [0.29, 0.717) is 0 Å². The minimum atomic E-state index is 0.158. The lowest BCUT2D eigenvalue weighted by atomic mass is 10.1. The summed E-state index contributed by atoms with van der Waals surface area (Å²) in [5.41, 5.74) is 2.72. The van der Waals surface area contributed by atoms with Gasteiger partial charge in [0.15, 0.2) is 0 Å². The third-order valence-electron chi connectivity index (χ3n) is 3.21. The van der Waals surface area contributed by atoms with E-state index in [9.17, 15) is 0 Å². The van der Waals surface area contributed by atoms with Crippen molar-refractivity contribution in [2.75, 3.05) is 13.2 Å². The van der Waals surface area contributed by atoms with Crippen LogP contribution >= 0.6 is 0 Å². The van der Waals surface area contributed by atoms with Crippen molar-refractivity contribution in [3.63, 3.8) is 0 Å². The van der Waals surface area contributed by atoms with Crippen molar-refractivity contribution in [1.82, 2.24) is 5.32 Å². The first-order chi connectivity index (χ1) is 9.90. The van der Waals surface area contributed by atoms with Gasteiger partial charge < -0.3 is 10.1 Å². The van der Waals surface area contributed by atoms with Crippen molar-refractivity contribution < 1.29 is 4.74 Å². The molecule has 0 saturated carbocycles. The van der Waals surface area contributed by atoms with Crippen molar-refractivity contribution in [2.24, 2.45) is 0 Å². The van der Waals surface area contributed by atoms with Crippen LogP contribution in [0.3, 0.4) is 0 Å². The zero-order valence-corrected chi connectivity index (χ0v) is 14.3. The van der Waals surface area contributed by atoms with Gasteiger partial charge in [0.25, 0.3) is 0 Å². The molecule has 118 valence electrons. The lowest BCUT2D eigenvalue weighted by Gasteiger charge is -2.20. The van der Waals surface area contributed by atoms with Crippen LogP contribution in [0.25, 0.3) is 6.08 Å². The second-order valence-electron chi connectivity index (χ2n) is 6.72. The first-order valence-electron chi connectivity index (χ1n) is 8.06. The number of unbranched alkanes of at least 4 members (excludes halogenated alkanes) is 2. The molecule has 1 rings (SSSR count). The van der Waals surface area contributed by atoms with Crippen molar-refractivity contribution in [3.8, 4) is 5.75 Å². The first kappa shape index (κ1) is 17.8. The lowest BCUT2D eigenvalue weighted by Crippen LogP contribution is -2.36. The predicted octanol–water partition coefficient (Wildman–Crippen LogP) is 5.05. The molecular formula is C19H31NO. The summed E-state index contributed by atoms with van der Waals surface area (Å²) in [4.78, 5) is 0. The lowest BCUT2D eigenvalue weighted by molar-refractivity contribution is 0.306. The standard InChI is InChI=1S/C19H31NO/c1-6-7-8-13-21-18-11-9-17(10-12-18)14-16(2)15-20-19(3,4)5/h9-12,14,20H,6-8,13,15H2,1-5H3. The van der Waals surface area contributed by atoms with E-state index in [1.807, 2.05) is 0 Å². The van der Waals surface area contributed by atoms with Gasteiger partial charge in [-0.3, -0.25) is 0 Å². The topological polar surface area (TPSA) is 21.3 Å². The molecule has 21 heavy (non-hydrogen) atoms. The minimum Gasteiger partial charge on any atom is -0.494 e. The van der Waals surface area contributed by atoms with Crippen LogP contribution in [0.4, 0.5) is 0 Å². The first-order valence-corrected chi connectivity index (χ1v) is 8.06. The van der Waals surface area contributed by atoms with E-state index >= 15 is 0 Å². The van der Waals surface area contributed by atoms with Crippen LogP contribution in [0.15, 0.2) is 29.8 Å². The molecule has 2 heteroatoms. The molecule has 1 N–H and O–H groups in total. The van der Waals surface area contributed by atoms with Crippen LogP contribution < -0.4 is 10.1 Å². The molecule has 0 heterocycles. The number of benzene rings is 1.